The highest BCUT2D eigenvalue weighted by atomic mass is 32.2. The summed E-state index contributed by atoms with van der Waals surface area (Å²) >= 11 is 1.37. The molecule has 1 N–H and O–H groups in total. The average Bonchev–Trinajstić information content (AvgIpc) is 2.70. The predicted octanol–water partition coefficient (Wildman–Crippen LogP) is 4.23. The summed E-state index contributed by atoms with van der Waals surface area (Å²) in [6.07, 6.45) is 1.68. The Morgan fingerprint density at radius 2 is 1.67 bits per heavy atom. The highest BCUT2D eigenvalue weighted by Gasteiger charge is 2.09. The fourth-order valence-corrected chi connectivity index (χ4v) is 2.97. The normalized spacial score (nSPS) is 10.8. The monoisotopic (exact) mass is 384 g/mol. The van der Waals surface area contributed by atoms with Gasteiger partial charge in [0.25, 0.3) is 0 Å². The molecule has 3 rings (SSSR count). The summed E-state index contributed by atoms with van der Waals surface area (Å²) in [5.41, 5.74) is 4.44. The second-order valence-corrected chi connectivity index (χ2v) is 6.26. The van der Waals surface area contributed by atoms with Gasteiger partial charge in [-0.3, -0.25) is 5.43 Å². The number of methoxy groups -OCH3 is 2. The van der Waals surface area contributed by atoms with Gasteiger partial charge in [0, 0.05) is 10.5 Å². The maximum absolute atomic E-state index is 12.9. The first-order valence-corrected chi connectivity index (χ1v) is 8.78. The Morgan fingerprint density at radius 1 is 1.00 bits per heavy atom. The molecule has 0 aliphatic carbocycles. The highest BCUT2D eigenvalue weighted by Crippen LogP contribution is 2.30. The summed E-state index contributed by atoms with van der Waals surface area (Å²) < 4.78 is 23.3. The first-order valence-electron chi connectivity index (χ1n) is 7.96. The quantitative estimate of drug-likeness (QED) is 0.373. The van der Waals surface area contributed by atoms with E-state index in [0.29, 0.717) is 22.6 Å². The molecule has 0 radical (unpaired) electrons. The fraction of sp³-hybridized carbons (Fsp3) is 0.105. The zero-order valence-electron chi connectivity index (χ0n) is 14.7. The van der Waals surface area contributed by atoms with E-state index in [1.807, 2.05) is 24.3 Å². The Labute approximate surface area is 160 Å². The van der Waals surface area contributed by atoms with Gasteiger partial charge in [-0.2, -0.15) is 15.1 Å². The lowest BCUT2D eigenvalue weighted by Gasteiger charge is -2.07. The average molecular weight is 384 g/mol. The Balaban J connectivity index is 1.77. The molecule has 0 saturated heterocycles. The Bertz CT molecular complexity index is 913. The number of halogens is 1. The standard InChI is InChI=1S/C19H17FN4O2S/c1-25-17-11-18(26-2)23-19(22-17)27-16-6-4-3-5-13(16)12-21-24-15-9-7-14(20)8-10-15/h3-12,24H,1-2H3. The molecular weight excluding hydrogens is 367 g/mol. The van der Waals surface area contributed by atoms with Gasteiger partial charge in [0.1, 0.15) is 5.82 Å². The molecule has 6 nitrogen and oxygen atoms in total. The number of rotatable bonds is 7. The van der Waals surface area contributed by atoms with Crippen LogP contribution in [0.3, 0.4) is 0 Å². The van der Waals surface area contributed by atoms with Crippen molar-refractivity contribution in [1.82, 2.24) is 9.97 Å². The van der Waals surface area contributed by atoms with Crippen molar-refractivity contribution in [3.63, 3.8) is 0 Å². The van der Waals surface area contributed by atoms with Gasteiger partial charge < -0.3 is 9.47 Å². The molecule has 138 valence electrons. The van der Waals surface area contributed by atoms with Gasteiger partial charge in [0.05, 0.1) is 32.2 Å². The van der Waals surface area contributed by atoms with Gasteiger partial charge in [-0.15, -0.1) is 0 Å². The van der Waals surface area contributed by atoms with E-state index < -0.39 is 0 Å². The second kappa shape index (κ2) is 9.00. The molecule has 27 heavy (non-hydrogen) atoms. The number of nitrogens with one attached hydrogen (secondary N) is 1. The van der Waals surface area contributed by atoms with Crippen LogP contribution in [-0.2, 0) is 0 Å². The Kier molecular flexibility index (Phi) is 6.22. The zero-order chi connectivity index (χ0) is 19.1. The van der Waals surface area contributed by atoms with E-state index >= 15 is 0 Å². The van der Waals surface area contributed by atoms with Crippen LogP contribution in [0.25, 0.3) is 0 Å². The van der Waals surface area contributed by atoms with Crippen LogP contribution in [0.15, 0.2) is 69.8 Å². The number of anilines is 1. The number of hydrogen-bond acceptors (Lipinski definition) is 7. The van der Waals surface area contributed by atoms with Crippen LogP contribution in [0.5, 0.6) is 11.8 Å². The van der Waals surface area contributed by atoms with Gasteiger partial charge in [0.2, 0.25) is 11.8 Å². The lowest BCUT2D eigenvalue weighted by atomic mass is 10.2. The predicted molar refractivity (Wildman–Crippen MR) is 103 cm³/mol. The largest absolute Gasteiger partial charge is 0.481 e. The molecule has 0 amide bonds. The molecule has 0 bridgehead atoms. The minimum absolute atomic E-state index is 0.292. The maximum Gasteiger partial charge on any atom is 0.220 e. The third kappa shape index (κ3) is 5.18. The first kappa shape index (κ1) is 18.7. The second-order valence-electron chi connectivity index (χ2n) is 5.25. The molecule has 0 spiro atoms. The van der Waals surface area contributed by atoms with Gasteiger partial charge in [-0.05, 0) is 42.1 Å². The molecule has 0 atom stereocenters. The Morgan fingerprint density at radius 3 is 2.33 bits per heavy atom. The molecule has 1 heterocycles. The van der Waals surface area contributed by atoms with Gasteiger partial charge in [-0.1, -0.05) is 18.2 Å². The molecule has 0 aliphatic heterocycles. The zero-order valence-corrected chi connectivity index (χ0v) is 15.5. The van der Waals surface area contributed by atoms with Crippen molar-refractivity contribution < 1.29 is 13.9 Å². The third-order valence-corrected chi connectivity index (χ3v) is 4.40. The fourth-order valence-electron chi connectivity index (χ4n) is 2.12. The van der Waals surface area contributed by atoms with Crippen molar-refractivity contribution in [1.29, 1.82) is 0 Å². The van der Waals surface area contributed by atoms with Crippen molar-refractivity contribution >= 4 is 23.7 Å². The van der Waals surface area contributed by atoms with Crippen LogP contribution in [0, 0.1) is 5.82 Å². The number of nitrogens with zero attached hydrogens (tertiary/aromatic N) is 3. The van der Waals surface area contributed by atoms with Crippen molar-refractivity contribution in [2.75, 3.05) is 19.6 Å². The van der Waals surface area contributed by atoms with E-state index in [9.17, 15) is 4.39 Å². The molecule has 2 aromatic carbocycles. The van der Waals surface area contributed by atoms with Crippen molar-refractivity contribution in [2.24, 2.45) is 5.10 Å². The van der Waals surface area contributed by atoms with Crippen LogP contribution in [-0.4, -0.2) is 30.4 Å². The maximum atomic E-state index is 12.9. The van der Waals surface area contributed by atoms with Crippen molar-refractivity contribution in [3.05, 3.63) is 66.0 Å². The summed E-state index contributed by atoms with van der Waals surface area (Å²) in [5, 5.41) is 4.71. The van der Waals surface area contributed by atoms with Gasteiger partial charge in [0.15, 0.2) is 5.16 Å². The third-order valence-electron chi connectivity index (χ3n) is 3.44. The minimum Gasteiger partial charge on any atom is -0.481 e. The summed E-state index contributed by atoms with van der Waals surface area (Å²) in [6, 6.07) is 15.3. The van der Waals surface area contributed by atoms with Gasteiger partial charge >= 0.3 is 0 Å². The number of benzene rings is 2. The molecule has 0 fully saturated rings. The molecule has 1 aromatic heterocycles. The van der Waals surface area contributed by atoms with E-state index in [1.165, 1.54) is 38.1 Å². The number of hydrazone groups is 1. The lowest BCUT2D eigenvalue weighted by Crippen LogP contribution is -1.97. The molecule has 0 aliphatic rings. The molecule has 0 unspecified atom stereocenters. The van der Waals surface area contributed by atoms with E-state index in [-0.39, 0.29) is 5.82 Å². The van der Waals surface area contributed by atoms with E-state index in [1.54, 1.807) is 24.4 Å². The number of hydrogen-bond donors (Lipinski definition) is 1. The summed E-state index contributed by atoms with van der Waals surface area (Å²) in [7, 11) is 3.08. The number of ether oxygens (including phenoxy) is 2. The Hall–Kier alpha value is -3.13. The van der Waals surface area contributed by atoms with E-state index in [2.05, 4.69) is 20.5 Å². The van der Waals surface area contributed by atoms with Gasteiger partial charge in [-0.25, -0.2) is 4.39 Å². The van der Waals surface area contributed by atoms with Crippen LogP contribution in [0.2, 0.25) is 0 Å². The molecule has 8 heteroatoms. The van der Waals surface area contributed by atoms with Crippen molar-refractivity contribution in [2.45, 2.75) is 10.1 Å². The lowest BCUT2D eigenvalue weighted by molar-refractivity contribution is 0.364. The molecule has 0 saturated carbocycles. The molecule has 3 aromatic rings. The van der Waals surface area contributed by atoms with Crippen molar-refractivity contribution in [3.8, 4) is 11.8 Å². The smallest absolute Gasteiger partial charge is 0.220 e. The van der Waals surface area contributed by atoms with Crippen LogP contribution in [0.4, 0.5) is 10.1 Å². The van der Waals surface area contributed by atoms with Crippen LogP contribution >= 0.6 is 11.8 Å². The molecular formula is C19H17FN4O2S. The number of aromatic nitrogens is 2. The topological polar surface area (TPSA) is 68.6 Å². The summed E-state index contributed by atoms with van der Waals surface area (Å²) in [6.45, 7) is 0. The van der Waals surface area contributed by atoms with Crippen LogP contribution in [0.1, 0.15) is 5.56 Å². The van der Waals surface area contributed by atoms with E-state index in [4.69, 9.17) is 9.47 Å². The summed E-state index contributed by atoms with van der Waals surface area (Å²) in [5.74, 6) is 0.557. The van der Waals surface area contributed by atoms with E-state index in [0.717, 1.165) is 10.5 Å². The highest BCUT2D eigenvalue weighted by molar-refractivity contribution is 7.99. The SMILES string of the molecule is COc1cc(OC)nc(Sc2ccccc2C=NNc2ccc(F)cc2)n1. The van der Waals surface area contributed by atoms with Crippen LogP contribution < -0.4 is 14.9 Å². The summed E-state index contributed by atoms with van der Waals surface area (Å²) in [4.78, 5) is 9.57. The first-order chi connectivity index (χ1) is 13.2. The minimum atomic E-state index is -0.292.